The zero-order valence-electron chi connectivity index (χ0n) is 11.9. The van der Waals surface area contributed by atoms with E-state index in [9.17, 15) is 14.9 Å². The molecule has 0 aliphatic rings. The van der Waals surface area contributed by atoms with Crippen molar-refractivity contribution in [1.29, 1.82) is 0 Å². The van der Waals surface area contributed by atoms with Crippen molar-refractivity contribution in [2.75, 3.05) is 6.61 Å². The highest BCUT2D eigenvalue weighted by molar-refractivity contribution is 5.90. The normalized spacial score (nSPS) is 10.6. The number of esters is 1. The number of aryl methyl sites for hydroxylation is 2. The highest BCUT2D eigenvalue weighted by Gasteiger charge is 2.22. The second-order valence-corrected chi connectivity index (χ2v) is 4.44. The summed E-state index contributed by atoms with van der Waals surface area (Å²) >= 11 is 0. The van der Waals surface area contributed by atoms with Gasteiger partial charge < -0.3 is 14.9 Å². The maximum atomic E-state index is 11.8. The molecular weight excluding hydrogens is 278 g/mol. The van der Waals surface area contributed by atoms with E-state index in [1.54, 1.807) is 27.1 Å². The molecule has 0 unspecified atom stereocenters. The van der Waals surface area contributed by atoms with Gasteiger partial charge in [0.15, 0.2) is 0 Å². The van der Waals surface area contributed by atoms with Crippen LogP contribution >= 0.6 is 0 Å². The van der Waals surface area contributed by atoms with Crippen molar-refractivity contribution in [2.24, 2.45) is 7.05 Å². The third kappa shape index (κ3) is 2.91. The number of carbonyl (C=O) groups is 1. The van der Waals surface area contributed by atoms with Crippen LogP contribution in [0.3, 0.4) is 0 Å². The summed E-state index contributed by atoms with van der Waals surface area (Å²) in [5.41, 5.74) is 1.36. The minimum atomic E-state index is -0.540. The van der Waals surface area contributed by atoms with Gasteiger partial charge in [0, 0.05) is 7.05 Å². The fraction of sp³-hybridized carbons (Fsp3) is 0.417. The van der Waals surface area contributed by atoms with Crippen molar-refractivity contribution >= 4 is 11.8 Å². The van der Waals surface area contributed by atoms with Crippen molar-refractivity contribution in [3.05, 3.63) is 39.3 Å². The molecule has 2 rings (SSSR count). The van der Waals surface area contributed by atoms with Crippen molar-refractivity contribution in [1.82, 2.24) is 19.6 Å². The van der Waals surface area contributed by atoms with Crippen LogP contribution in [0.25, 0.3) is 0 Å². The number of ether oxygens (including phenoxy) is 1. The van der Waals surface area contributed by atoms with E-state index in [4.69, 9.17) is 4.74 Å². The molecule has 2 aromatic heterocycles. The molecule has 0 aliphatic carbocycles. The van der Waals surface area contributed by atoms with Crippen molar-refractivity contribution in [3.63, 3.8) is 0 Å². The Morgan fingerprint density at radius 3 is 2.81 bits per heavy atom. The number of hydrogen-bond donors (Lipinski definition) is 0. The van der Waals surface area contributed by atoms with Crippen LogP contribution in [-0.4, -0.2) is 37.1 Å². The first kappa shape index (κ1) is 14.7. The van der Waals surface area contributed by atoms with Crippen LogP contribution in [0.2, 0.25) is 0 Å². The summed E-state index contributed by atoms with van der Waals surface area (Å²) in [5.74, 6) is -0.672. The average Bonchev–Trinajstić information content (AvgIpc) is 2.95. The monoisotopic (exact) mass is 293 g/mol. The lowest BCUT2D eigenvalue weighted by molar-refractivity contribution is -0.390. The molecule has 0 fully saturated rings. The van der Waals surface area contributed by atoms with E-state index in [0.29, 0.717) is 16.8 Å². The van der Waals surface area contributed by atoms with E-state index in [0.717, 1.165) is 0 Å². The van der Waals surface area contributed by atoms with Crippen molar-refractivity contribution < 1.29 is 14.5 Å². The van der Waals surface area contributed by atoms with E-state index in [2.05, 4.69) is 10.2 Å². The molecular formula is C12H15N5O4. The topological polar surface area (TPSA) is 105 Å². The lowest BCUT2D eigenvalue weighted by atomic mass is 10.2. The van der Waals surface area contributed by atoms with Gasteiger partial charge in [0.05, 0.1) is 35.4 Å². The van der Waals surface area contributed by atoms with Crippen LogP contribution in [0, 0.1) is 17.0 Å². The molecule has 2 heterocycles. The third-order valence-electron chi connectivity index (χ3n) is 2.96. The standard InChI is InChI=1S/C12H15N5O4/c1-4-21-12(18)9-5-13-15(3)10(9)7-16-6-8(2)11(14-16)17(19)20/h5-6H,4,7H2,1-3H3. The van der Waals surface area contributed by atoms with Crippen LogP contribution in [-0.2, 0) is 18.3 Å². The largest absolute Gasteiger partial charge is 0.462 e. The van der Waals surface area contributed by atoms with Crippen LogP contribution < -0.4 is 0 Å². The molecule has 0 spiro atoms. The van der Waals surface area contributed by atoms with Gasteiger partial charge in [0.25, 0.3) is 0 Å². The summed E-state index contributed by atoms with van der Waals surface area (Å²) < 4.78 is 7.89. The van der Waals surface area contributed by atoms with Gasteiger partial charge in [-0.05, 0) is 18.8 Å². The Hall–Kier alpha value is -2.71. The molecule has 0 aliphatic heterocycles. The van der Waals surface area contributed by atoms with Crippen LogP contribution in [0.5, 0.6) is 0 Å². The van der Waals surface area contributed by atoms with Gasteiger partial charge in [-0.1, -0.05) is 0 Å². The van der Waals surface area contributed by atoms with Gasteiger partial charge in [-0.2, -0.15) is 9.78 Å². The number of aromatic nitrogens is 4. The Balaban J connectivity index is 2.31. The van der Waals surface area contributed by atoms with E-state index < -0.39 is 10.9 Å². The zero-order valence-corrected chi connectivity index (χ0v) is 11.9. The van der Waals surface area contributed by atoms with Gasteiger partial charge in [0.2, 0.25) is 0 Å². The predicted molar refractivity (Wildman–Crippen MR) is 71.9 cm³/mol. The molecule has 9 nitrogen and oxygen atoms in total. The summed E-state index contributed by atoms with van der Waals surface area (Å²) in [7, 11) is 1.68. The summed E-state index contributed by atoms with van der Waals surface area (Å²) in [6.45, 7) is 3.78. The molecule has 0 bridgehead atoms. The highest BCUT2D eigenvalue weighted by atomic mass is 16.6. The molecule has 0 N–H and O–H groups in total. The Bertz CT molecular complexity index is 688. The van der Waals surface area contributed by atoms with Gasteiger partial charge in [0.1, 0.15) is 12.1 Å². The molecule has 0 aromatic carbocycles. The first-order valence-corrected chi connectivity index (χ1v) is 6.30. The number of carbonyl (C=O) groups excluding carboxylic acids is 1. The Morgan fingerprint density at radius 2 is 2.24 bits per heavy atom. The molecule has 112 valence electrons. The van der Waals surface area contributed by atoms with Crippen LogP contribution in [0.4, 0.5) is 5.82 Å². The zero-order chi connectivity index (χ0) is 15.6. The fourth-order valence-corrected chi connectivity index (χ4v) is 1.96. The Labute approximate surface area is 120 Å². The van der Waals surface area contributed by atoms with Gasteiger partial charge >= 0.3 is 11.8 Å². The molecule has 9 heteroatoms. The van der Waals surface area contributed by atoms with E-state index in [1.807, 2.05) is 0 Å². The maximum Gasteiger partial charge on any atom is 0.392 e. The number of hydrogen-bond acceptors (Lipinski definition) is 6. The van der Waals surface area contributed by atoms with Crippen molar-refractivity contribution in [3.8, 4) is 0 Å². The predicted octanol–water partition coefficient (Wildman–Crippen LogP) is 1.06. The summed E-state index contributed by atoms with van der Waals surface area (Å²) in [5, 5.41) is 18.7. The molecule has 0 saturated heterocycles. The second kappa shape index (κ2) is 5.73. The van der Waals surface area contributed by atoms with Crippen molar-refractivity contribution in [2.45, 2.75) is 20.4 Å². The fourth-order valence-electron chi connectivity index (χ4n) is 1.96. The maximum absolute atomic E-state index is 11.8. The molecule has 21 heavy (non-hydrogen) atoms. The number of rotatable bonds is 5. The Morgan fingerprint density at radius 1 is 1.52 bits per heavy atom. The van der Waals surface area contributed by atoms with Gasteiger partial charge in [-0.3, -0.25) is 4.68 Å². The lowest BCUT2D eigenvalue weighted by Crippen LogP contribution is -2.12. The van der Waals surface area contributed by atoms with Gasteiger partial charge in [-0.15, -0.1) is 0 Å². The first-order chi connectivity index (χ1) is 9.93. The number of nitro groups is 1. The van der Waals surface area contributed by atoms with Crippen LogP contribution in [0.15, 0.2) is 12.4 Å². The smallest absolute Gasteiger partial charge is 0.392 e. The molecule has 0 radical (unpaired) electrons. The van der Waals surface area contributed by atoms with Gasteiger partial charge in [-0.25, -0.2) is 4.79 Å². The quantitative estimate of drug-likeness (QED) is 0.463. The van der Waals surface area contributed by atoms with E-state index in [1.165, 1.54) is 15.6 Å². The lowest BCUT2D eigenvalue weighted by Gasteiger charge is -2.04. The first-order valence-electron chi connectivity index (χ1n) is 6.30. The van der Waals surface area contributed by atoms with E-state index in [-0.39, 0.29) is 19.0 Å². The highest BCUT2D eigenvalue weighted by Crippen LogP contribution is 2.16. The Kier molecular flexibility index (Phi) is 4.01. The number of nitrogens with zero attached hydrogens (tertiary/aromatic N) is 5. The summed E-state index contributed by atoms with van der Waals surface area (Å²) in [6.07, 6.45) is 2.97. The summed E-state index contributed by atoms with van der Waals surface area (Å²) in [6, 6.07) is 0. The minimum absolute atomic E-state index is 0.194. The second-order valence-electron chi connectivity index (χ2n) is 4.44. The molecule has 0 atom stereocenters. The minimum Gasteiger partial charge on any atom is -0.462 e. The molecule has 2 aromatic rings. The summed E-state index contributed by atoms with van der Waals surface area (Å²) in [4.78, 5) is 22.1. The third-order valence-corrected chi connectivity index (χ3v) is 2.96. The average molecular weight is 293 g/mol. The molecule has 0 saturated carbocycles. The molecule has 0 amide bonds. The van der Waals surface area contributed by atoms with E-state index >= 15 is 0 Å². The SMILES string of the molecule is CCOC(=O)c1cnn(C)c1Cn1cc(C)c([N+](=O)[O-])n1. The van der Waals surface area contributed by atoms with Crippen LogP contribution in [0.1, 0.15) is 28.5 Å².